The molecule has 4 nitrogen and oxygen atoms in total. The average molecular weight is 347 g/mol. The smallest absolute Gasteiger partial charge is 0.243 e. The van der Waals surface area contributed by atoms with Gasteiger partial charge in [-0.25, -0.2) is 8.42 Å². The lowest BCUT2D eigenvalue weighted by Gasteiger charge is -2.35. The van der Waals surface area contributed by atoms with E-state index in [9.17, 15) is 8.42 Å². The summed E-state index contributed by atoms with van der Waals surface area (Å²) in [7, 11) is -3.42. The number of halogens is 1. The third-order valence-corrected chi connectivity index (χ3v) is 5.76. The number of rotatable bonds is 2. The van der Waals surface area contributed by atoms with Gasteiger partial charge in [-0.3, -0.25) is 0 Å². The number of benzene rings is 1. The molecule has 1 fully saturated rings. The van der Waals surface area contributed by atoms with E-state index in [1.165, 1.54) is 0 Å². The summed E-state index contributed by atoms with van der Waals surface area (Å²) >= 11 is 3.34. The van der Waals surface area contributed by atoms with Gasteiger partial charge in [-0.05, 0) is 38.5 Å². The molecule has 0 spiro atoms. The highest BCUT2D eigenvalue weighted by Gasteiger charge is 2.32. The number of aryl methyl sites for hydroxylation is 1. The van der Waals surface area contributed by atoms with E-state index in [1.54, 1.807) is 10.4 Å². The Labute approximate surface area is 123 Å². The predicted octanol–water partition coefficient (Wildman–Crippen LogP) is 2.13. The molecule has 2 atom stereocenters. The quantitative estimate of drug-likeness (QED) is 0.892. The highest BCUT2D eigenvalue weighted by Crippen LogP contribution is 2.25. The molecule has 2 rings (SSSR count). The molecule has 19 heavy (non-hydrogen) atoms. The Morgan fingerprint density at radius 1 is 1.26 bits per heavy atom. The summed E-state index contributed by atoms with van der Waals surface area (Å²) < 4.78 is 27.8. The minimum absolute atomic E-state index is 0.172. The molecule has 0 amide bonds. The van der Waals surface area contributed by atoms with Crippen molar-refractivity contribution < 1.29 is 8.42 Å². The Hall–Kier alpha value is -0.430. The van der Waals surface area contributed by atoms with Gasteiger partial charge in [-0.2, -0.15) is 4.31 Å². The van der Waals surface area contributed by atoms with Gasteiger partial charge in [0.1, 0.15) is 0 Å². The standard InChI is InChI=1S/C13H19BrN2O2S/c1-9-4-5-12(14)6-13(9)19(17,18)16-7-10(2)15-11(3)8-16/h4-6,10-11,15H,7-8H2,1-3H3. The molecule has 1 heterocycles. The van der Waals surface area contributed by atoms with Crippen molar-refractivity contribution in [1.82, 2.24) is 9.62 Å². The maximum Gasteiger partial charge on any atom is 0.243 e. The zero-order chi connectivity index (χ0) is 14.2. The van der Waals surface area contributed by atoms with Crippen molar-refractivity contribution in [3.05, 3.63) is 28.2 Å². The van der Waals surface area contributed by atoms with Crippen LogP contribution in [-0.4, -0.2) is 37.9 Å². The maximum atomic E-state index is 12.7. The number of sulfonamides is 1. The molecule has 1 saturated heterocycles. The van der Waals surface area contributed by atoms with E-state index >= 15 is 0 Å². The summed E-state index contributed by atoms with van der Waals surface area (Å²) in [6.07, 6.45) is 0. The first-order valence-corrected chi connectivity index (χ1v) is 8.56. The summed E-state index contributed by atoms with van der Waals surface area (Å²) in [5, 5.41) is 3.34. The van der Waals surface area contributed by atoms with Gasteiger partial charge in [-0.1, -0.05) is 22.0 Å². The summed E-state index contributed by atoms with van der Waals surface area (Å²) in [6.45, 7) is 6.86. The van der Waals surface area contributed by atoms with Crippen LogP contribution in [0.3, 0.4) is 0 Å². The second kappa shape index (κ2) is 5.52. The van der Waals surface area contributed by atoms with Crippen LogP contribution in [-0.2, 0) is 10.0 Å². The van der Waals surface area contributed by atoms with Crippen LogP contribution in [0.25, 0.3) is 0 Å². The second-order valence-electron chi connectivity index (χ2n) is 5.20. The number of nitrogens with zero attached hydrogens (tertiary/aromatic N) is 1. The Morgan fingerprint density at radius 3 is 2.42 bits per heavy atom. The van der Waals surface area contributed by atoms with Crippen molar-refractivity contribution in [2.45, 2.75) is 37.8 Å². The average Bonchev–Trinajstić information content (AvgIpc) is 2.31. The zero-order valence-corrected chi connectivity index (χ0v) is 13.8. The Balaban J connectivity index is 2.39. The normalized spacial score (nSPS) is 25.5. The van der Waals surface area contributed by atoms with Gasteiger partial charge < -0.3 is 5.32 Å². The molecule has 1 N–H and O–H groups in total. The number of hydrogen-bond acceptors (Lipinski definition) is 3. The number of piperazine rings is 1. The van der Waals surface area contributed by atoms with Crippen molar-refractivity contribution in [2.24, 2.45) is 0 Å². The molecule has 0 bridgehead atoms. The minimum Gasteiger partial charge on any atom is -0.309 e. The number of nitrogens with one attached hydrogen (secondary N) is 1. The Morgan fingerprint density at radius 2 is 1.84 bits per heavy atom. The summed E-state index contributed by atoms with van der Waals surface area (Å²) in [4.78, 5) is 0.392. The third-order valence-electron chi connectivity index (χ3n) is 3.29. The molecule has 6 heteroatoms. The summed E-state index contributed by atoms with van der Waals surface area (Å²) in [5.41, 5.74) is 0.780. The van der Waals surface area contributed by atoms with E-state index in [0.717, 1.165) is 10.0 Å². The topological polar surface area (TPSA) is 49.4 Å². The van der Waals surface area contributed by atoms with Crippen LogP contribution in [0.1, 0.15) is 19.4 Å². The molecule has 106 valence electrons. The fourth-order valence-electron chi connectivity index (χ4n) is 2.46. The SMILES string of the molecule is Cc1ccc(Br)cc1S(=O)(=O)N1CC(C)NC(C)C1. The monoisotopic (exact) mass is 346 g/mol. The predicted molar refractivity (Wildman–Crippen MR) is 79.7 cm³/mol. The first kappa shape index (κ1) is 15.0. The van der Waals surface area contributed by atoms with E-state index in [0.29, 0.717) is 18.0 Å². The van der Waals surface area contributed by atoms with Crippen LogP contribution >= 0.6 is 15.9 Å². The van der Waals surface area contributed by atoms with Crippen LogP contribution in [0, 0.1) is 6.92 Å². The van der Waals surface area contributed by atoms with E-state index in [1.807, 2.05) is 32.9 Å². The van der Waals surface area contributed by atoms with Crippen LogP contribution in [0.5, 0.6) is 0 Å². The van der Waals surface area contributed by atoms with Crippen molar-refractivity contribution in [2.75, 3.05) is 13.1 Å². The molecule has 1 aromatic carbocycles. The molecule has 2 unspecified atom stereocenters. The molecule has 0 saturated carbocycles. The van der Waals surface area contributed by atoms with E-state index in [4.69, 9.17) is 0 Å². The van der Waals surface area contributed by atoms with E-state index in [2.05, 4.69) is 21.2 Å². The molecule has 0 aliphatic carbocycles. The number of hydrogen-bond donors (Lipinski definition) is 1. The van der Waals surface area contributed by atoms with Gasteiger partial charge in [-0.15, -0.1) is 0 Å². The lowest BCUT2D eigenvalue weighted by molar-refractivity contribution is 0.263. The Kier molecular flexibility index (Phi) is 4.35. The molecule has 1 aliphatic heterocycles. The van der Waals surface area contributed by atoms with Crippen LogP contribution < -0.4 is 5.32 Å². The maximum absolute atomic E-state index is 12.7. The van der Waals surface area contributed by atoms with Crippen LogP contribution in [0.4, 0.5) is 0 Å². The van der Waals surface area contributed by atoms with E-state index in [-0.39, 0.29) is 12.1 Å². The van der Waals surface area contributed by atoms with E-state index < -0.39 is 10.0 Å². The van der Waals surface area contributed by atoms with Crippen LogP contribution in [0.15, 0.2) is 27.6 Å². The highest BCUT2D eigenvalue weighted by atomic mass is 79.9. The minimum atomic E-state index is -3.42. The zero-order valence-electron chi connectivity index (χ0n) is 11.4. The van der Waals surface area contributed by atoms with Gasteiger partial charge in [0, 0.05) is 29.6 Å². The highest BCUT2D eigenvalue weighted by molar-refractivity contribution is 9.10. The summed E-state index contributed by atoms with van der Waals surface area (Å²) in [5.74, 6) is 0. The second-order valence-corrected chi connectivity index (χ2v) is 8.02. The van der Waals surface area contributed by atoms with Crippen LogP contribution in [0.2, 0.25) is 0 Å². The Bertz CT molecular complexity index is 564. The van der Waals surface area contributed by atoms with Gasteiger partial charge in [0.25, 0.3) is 0 Å². The van der Waals surface area contributed by atoms with Crippen molar-refractivity contribution in [3.8, 4) is 0 Å². The lowest BCUT2D eigenvalue weighted by Crippen LogP contribution is -2.55. The molecule has 1 aromatic rings. The molecular formula is C13H19BrN2O2S. The molecular weight excluding hydrogens is 328 g/mol. The molecule has 1 aliphatic rings. The van der Waals surface area contributed by atoms with Crippen molar-refractivity contribution >= 4 is 26.0 Å². The molecule has 0 aromatic heterocycles. The first-order valence-electron chi connectivity index (χ1n) is 6.33. The third kappa shape index (κ3) is 3.18. The van der Waals surface area contributed by atoms with Crippen molar-refractivity contribution in [1.29, 1.82) is 0 Å². The first-order chi connectivity index (χ1) is 8.80. The van der Waals surface area contributed by atoms with Gasteiger partial charge in [0.15, 0.2) is 0 Å². The summed E-state index contributed by atoms with van der Waals surface area (Å²) in [6, 6.07) is 5.71. The molecule has 0 radical (unpaired) electrons. The lowest BCUT2D eigenvalue weighted by atomic mass is 10.2. The van der Waals surface area contributed by atoms with Gasteiger partial charge in [0.05, 0.1) is 4.90 Å². The van der Waals surface area contributed by atoms with Gasteiger partial charge >= 0.3 is 0 Å². The fraction of sp³-hybridized carbons (Fsp3) is 0.538. The fourth-order valence-corrected chi connectivity index (χ4v) is 4.85. The van der Waals surface area contributed by atoms with Crippen molar-refractivity contribution in [3.63, 3.8) is 0 Å². The van der Waals surface area contributed by atoms with Gasteiger partial charge in [0.2, 0.25) is 10.0 Å². The largest absolute Gasteiger partial charge is 0.309 e.